The van der Waals surface area contributed by atoms with Gasteiger partial charge < -0.3 is 5.32 Å². The van der Waals surface area contributed by atoms with Crippen LogP contribution >= 0.6 is 27.5 Å². The highest BCUT2D eigenvalue weighted by atomic mass is 79.9. The standard InChI is InChI=1S/C9H10BrClN2O/c10-7-6-12-5-3-8(7)13-9(14)2-1-4-11/h3,5-6H,1-2,4H2,(H,12,13,14). The lowest BCUT2D eigenvalue weighted by atomic mass is 10.3. The number of nitrogens with zero attached hydrogens (tertiary/aromatic N) is 1. The molecule has 0 unspecified atom stereocenters. The van der Waals surface area contributed by atoms with Crippen molar-refractivity contribution in [2.75, 3.05) is 11.2 Å². The van der Waals surface area contributed by atoms with Crippen molar-refractivity contribution < 1.29 is 4.79 Å². The van der Waals surface area contributed by atoms with Crippen LogP contribution in [0.25, 0.3) is 0 Å². The summed E-state index contributed by atoms with van der Waals surface area (Å²) in [4.78, 5) is 15.2. The summed E-state index contributed by atoms with van der Waals surface area (Å²) in [5, 5.41) is 2.76. The third-order valence-corrected chi connectivity index (χ3v) is 2.48. The van der Waals surface area contributed by atoms with Gasteiger partial charge in [-0.2, -0.15) is 0 Å². The Hall–Kier alpha value is -0.610. The Kier molecular flexibility index (Phi) is 4.90. The van der Waals surface area contributed by atoms with Crippen LogP contribution in [0.1, 0.15) is 12.8 Å². The van der Waals surface area contributed by atoms with Crippen molar-refractivity contribution in [1.29, 1.82) is 0 Å². The van der Waals surface area contributed by atoms with E-state index in [1.54, 1.807) is 18.5 Å². The first-order chi connectivity index (χ1) is 6.74. The molecular formula is C9H10BrClN2O. The maximum absolute atomic E-state index is 11.3. The maximum Gasteiger partial charge on any atom is 0.224 e. The lowest BCUT2D eigenvalue weighted by molar-refractivity contribution is -0.116. The van der Waals surface area contributed by atoms with Gasteiger partial charge >= 0.3 is 0 Å². The number of pyridine rings is 1. The average Bonchev–Trinajstić information content (AvgIpc) is 2.18. The van der Waals surface area contributed by atoms with Gasteiger partial charge in [-0.3, -0.25) is 9.78 Å². The lowest BCUT2D eigenvalue weighted by Crippen LogP contribution is -2.11. The van der Waals surface area contributed by atoms with Gasteiger partial charge in [-0.1, -0.05) is 0 Å². The van der Waals surface area contributed by atoms with E-state index in [0.717, 1.165) is 10.2 Å². The Morgan fingerprint density at radius 3 is 3.07 bits per heavy atom. The normalized spacial score (nSPS) is 9.86. The number of aromatic nitrogens is 1. The number of carbonyl (C=O) groups is 1. The average molecular weight is 278 g/mol. The van der Waals surface area contributed by atoms with Gasteiger partial charge in [-0.25, -0.2) is 0 Å². The topological polar surface area (TPSA) is 42.0 Å². The fourth-order valence-corrected chi connectivity index (χ4v) is 1.40. The number of hydrogen-bond donors (Lipinski definition) is 1. The summed E-state index contributed by atoms with van der Waals surface area (Å²) < 4.78 is 0.777. The third-order valence-electron chi connectivity index (χ3n) is 1.58. The zero-order valence-electron chi connectivity index (χ0n) is 7.46. The SMILES string of the molecule is O=C(CCCCl)Nc1ccncc1Br. The van der Waals surface area contributed by atoms with Crippen LogP contribution in [0.5, 0.6) is 0 Å². The minimum absolute atomic E-state index is 0.0300. The molecule has 0 aliphatic heterocycles. The Labute approximate surface area is 96.0 Å². The molecule has 1 amide bonds. The van der Waals surface area contributed by atoms with Gasteiger partial charge in [-0.05, 0) is 28.4 Å². The van der Waals surface area contributed by atoms with Crippen LogP contribution in [0.3, 0.4) is 0 Å². The molecule has 14 heavy (non-hydrogen) atoms. The van der Waals surface area contributed by atoms with E-state index in [1.807, 2.05) is 0 Å². The summed E-state index contributed by atoms with van der Waals surface area (Å²) in [5.74, 6) is 0.475. The van der Waals surface area contributed by atoms with Crippen LogP contribution in [0.2, 0.25) is 0 Å². The zero-order chi connectivity index (χ0) is 10.4. The van der Waals surface area contributed by atoms with Crippen LogP contribution in [0.15, 0.2) is 22.9 Å². The predicted molar refractivity (Wildman–Crippen MR) is 60.5 cm³/mol. The minimum atomic E-state index is -0.0300. The van der Waals surface area contributed by atoms with Crippen LogP contribution in [-0.2, 0) is 4.79 Å². The second-order valence-corrected chi connectivity index (χ2v) is 3.93. The number of amides is 1. The molecule has 0 spiro atoms. The molecule has 3 nitrogen and oxygen atoms in total. The van der Waals surface area contributed by atoms with E-state index in [-0.39, 0.29) is 5.91 Å². The monoisotopic (exact) mass is 276 g/mol. The second kappa shape index (κ2) is 5.98. The molecular weight excluding hydrogens is 267 g/mol. The molecule has 0 aliphatic carbocycles. The number of rotatable bonds is 4. The van der Waals surface area contributed by atoms with E-state index in [1.165, 1.54) is 0 Å². The first-order valence-corrected chi connectivity index (χ1v) is 5.52. The first kappa shape index (κ1) is 11.5. The summed E-state index contributed by atoms with van der Waals surface area (Å²) in [6.45, 7) is 0. The quantitative estimate of drug-likeness (QED) is 0.860. The fraction of sp³-hybridized carbons (Fsp3) is 0.333. The smallest absolute Gasteiger partial charge is 0.224 e. The van der Waals surface area contributed by atoms with E-state index in [2.05, 4.69) is 26.2 Å². The molecule has 1 aromatic rings. The number of halogens is 2. The highest BCUT2D eigenvalue weighted by molar-refractivity contribution is 9.10. The molecule has 1 heterocycles. The van der Waals surface area contributed by atoms with E-state index in [9.17, 15) is 4.79 Å². The number of hydrogen-bond acceptors (Lipinski definition) is 2. The second-order valence-electron chi connectivity index (χ2n) is 2.70. The number of alkyl halides is 1. The summed E-state index contributed by atoms with van der Waals surface area (Å²) in [7, 11) is 0. The third kappa shape index (κ3) is 3.64. The summed E-state index contributed by atoms with van der Waals surface area (Å²) in [6, 6.07) is 1.74. The molecule has 0 saturated carbocycles. The van der Waals surface area contributed by atoms with Gasteiger partial charge in [0.25, 0.3) is 0 Å². The Morgan fingerprint density at radius 2 is 2.43 bits per heavy atom. The minimum Gasteiger partial charge on any atom is -0.325 e. The van der Waals surface area contributed by atoms with E-state index in [4.69, 9.17) is 11.6 Å². The van der Waals surface area contributed by atoms with Crippen LogP contribution < -0.4 is 5.32 Å². The molecule has 0 radical (unpaired) electrons. The largest absolute Gasteiger partial charge is 0.325 e. The molecule has 0 saturated heterocycles. The van der Waals surface area contributed by atoms with Crippen molar-refractivity contribution in [3.63, 3.8) is 0 Å². The molecule has 0 aliphatic rings. The molecule has 1 aromatic heterocycles. The van der Waals surface area contributed by atoms with E-state index < -0.39 is 0 Å². The molecule has 76 valence electrons. The Bertz CT molecular complexity index is 319. The van der Waals surface area contributed by atoms with Gasteiger partial charge in [0.1, 0.15) is 0 Å². The number of carbonyl (C=O) groups excluding carboxylic acids is 1. The number of nitrogens with one attached hydrogen (secondary N) is 1. The van der Waals surface area contributed by atoms with Crippen molar-refractivity contribution >= 4 is 39.1 Å². The Balaban J connectivity index is 2.52. The molecule has 1 rings (SSSR count). The first-order valence-electron chi connectivity index (χ1n) is 4.19. The lowest BCUT2D eigenvalue weighted by Gasteiger charge is -2.05. The highest BCUT2D eigenvalue weighted by Crippen LogP contribution is 2.19. The van der Waals surface area contributed by atoms with Crippen molar-refractivity contribution in [1.82, 2.24) is 4.98 Å². The van der Waals surface area contributed by atoms with Crippen molar-refractivity contribution in [3.05, 3.63) is 22.9 Å². The van der Waals surface area contributed by atoms with Gasteiger partial charge in [-0.15, -0.1) is 11.6 Å². The van der Waals surface area contributed by atoms with Gasteiger partial charge in [0.05, 0.1) is 10.2 Å². The van der Waals surface area contributed by atoms with Crippen molar-refractivity contribution in [2.24, 2.45) is 0 Å². The van der Waals surface area contributed by atoms with Gasteiger partial charge in [0.15, 0.2) is 0 Å². The van der Waals surface area contributed by atoms with E-state index >= 15 is 0 Å². The van der Waals surface area contributed by atoms with Crippen LogP contribution in [0, 0.1) is 0 Å². The molecule has 0 bridgehead atoms. The summed E-state index contributed by atoms with van der Waals surface area (Å²) >= 11 is 8.77. The molecule has 0 aromatic carbocycles. The molecule has 0 atom stereocenters. The molecule has 0 fully saturated rings. The molecule has 5 heteroatoms. The van der Waals surface area contributed by atoms with Crippen molar-refractivity contribution in [2.45, 2.75) is 12.8 Å². The van der Waals surface area contributed by atoms with E-state index in [0.29, 0.717) is 18.7 Å². The van der Waals surface area contributed by atoms with Crippen molar-refractivity contribution in [3.8, 4) is 0 Å². The zero-order valence-corrected chi connectivity index (χ0v) is 9.81. The van der Waals surface area contributed by atoms with Gasteiger partial charge in [0.2, 0.25) is 5.91 Å². The maximum atomic E-state index is 11.3. The fourth-order valence-electron chi connectivity index (χ4n) is 0.917. The molecule has 1 N–H and O–H groups in total. The van der Waals surface area contributed by atoms with Crippen LogP contribution in [-0.4, -0.2) is 16.8 Å². The van der Waals surface area contributed by atoms with Crippen LogP contribution in [0.4, 0.5) is 5.69 Å². The van der Waals surface area contributed by atoms with Gasteiger partial charge in [0, 0.05) is 24.7 Å². The summed E-state index contributed by atoms with van der Waals surface area (Å²) in [6.07, 6.45) is 4.40. The highest BCUT2D eigenvalue weighted by Gasteiger charge is 2.04. The summed E-state index contributed by atoms with van der Waals surface area (Å²) in [5.41, 5.74) is 0.736. The predicted octanol–water partition coefficient (Wildman–Crippen LogP) is 2.80. The number of anilines is 1. The Morgan fingerprint density at radius 1 is 1.64 bits per heavy atom.